The number of rotatable bonds is 2. The Labute approximate surface area is 86.9 Å². The molecule has 0 saturated heterocycles. The fourth-order valence-electron chi connectivity index (χ4n) is 1.41. The number of carbonyl (C=O) groups is 1. The molecule has 0 spiro atoms. The first kappa shape index (κ1) is 9.64. The van der Waals surface area contributed by atoms with Gasteiger partial charge in [-0.3, -0.25) is 4.79 Å². The summed E-state index contributed by atoms with van der Waals surface area (Å²) in [6.07, 6.45) is 0. The average Bonchev–Trinajstić information content (AvgIpc) is 2.27. The summed E-state index contributed by atoms with van der Waals surface area (Å²) in [4.78, 5) is 11.1. The Balaban J connectivity index is 2.45. The van der Waals surface area contributed by atoms with Crippen LogP contribution in [0.15, 0.2) is 12.1 Å². The molecule has 0 unspecified atom stereocenters. The van der Waals surface area contributed by atoms with Gasteiger partial charge in [-0.2, -0.15) is 0 Å². The number of benzene rings is 1. The van der Waals surface area contributed by atoms with Crippen molar-refractivity contribution in [3.8, 4) is 17.2 Å². The number of ether oxygens (including phenoxy) is 3. The van der Waals surface area contributed by atoms with Crippen LogP contribution in [0.4, 0.5) is 5.69 Å². The van der Waals surface area contributed by atoms with E-state index in [9.17, 15) is 4.79 Å². The minimum absolute atomic E-state index is 0.0302. The molecule has 0 aromatic heterocycles. The predicted octanol–water partition coefficient (Wildman–Crippen LogP) is 1.03. The van der Waals surface area contributed by atoms with Gasteiger partial charge in [0, 0.05) is 12.1 Å². The van der Waals surface area contributed by atoms with Crippen molar-refractivity contribution in [2.75, 3.05) is 26.1 Å². The maximum Gasteiger partial charge on any atom is 0.262 e. The van der Waals surface area contributed by atoms with E-state index in [4.69, 9.17) is 14.2 Å². The van der Waals surface area contributed by atoms with Crippen molar-refractivity contribution in [1.29, 1.82) is 0 Å². The van der Waals surface area contributed by atoms with Gasteiger partial charge in [-0.05, 0) is 0 Å². The number of fused-ring (bicyclic) bond motifs is 1. The molecule has 0 fully saturated rings. The van der Waals surface area contributed by atoms with Gasteiger partial charge in [0.25, 0.3) is 5.91 Å². The van der Waals surface area contributed by atoms with E-state index in [0.29, 0.717) is 22.9 Å². The van der Waals surface area contributed by atoms with Gasteiger partial charge in [-0.25, -0.2) is 0 Å². The number of amides is 1. The lowest BCUT2D eigenvalue weighted by Gasteiger charge is -2.19. The van der Waals surface area contributed by atoms with E-state index in [1.165, 1.54) is 7.11 Å². The minimum Gasteiger partial charge on any atom is -0.493 e. The van der Waals surface area contributed by atoms with Crippen LogP contribution in [-0.2, 0) is 4.79 Å². The summed E-state index contributed by atoms with van der Waals surface area (Å²) in [6.45, 7) is 0.0302. The molecular weight excluding hydrogens is 198 g/mol. The lowest BCUT2D eigenvalue weighted by Crippen LogP contribution is -2.25. The normalized spacial score (nSPS) is 13.6. The van der Waals surface area contributed by atoms with Gasteiger partial charge in [-0.15, -0.1) is 0 Å². The molecule has 0 aliphatic carbocycles. The molecule has 80 valence electrons. The first-order valence-corrected chi connectivity index (χ1v) is 4.43. The Kier molecular flexibility index (Phi) is 2.37. The van der Waals surface area contributed by atoms with Gasteiger partial charge < -0.3 is 19.5 Å². The van der Waals surface area contributed by atoms with Crippen molar-refractivity contribution in [1.82, 2.24) is 0 Å². The number of nitrogens with one attached hydrogen (secondary N) is 1. The van der Waals surface area contributed by atoms with Crippen molar-refractivity contribution in [2.24, 2.45) is 0 Å². The second kappa shape index (κ2) is 3.68. The zero-order valence-corrected chi connectivity index (χ0v) is 8.49. The minimum atomic E-state index is -0.172. The number of carbonyl (C=O) groups excluding carboxylic acids is 1. The first-order valence-electron chi connectivity index (χ1n) is 4.43. The van der Waals surface area contributed by atoms with Crippen molar-refractivity contribution < 1.29 is 19.0 Å². The summed E-state index contributed by atoms with van der Waals surface area (Å²) < 4.78 is 15.4. The Morgan fingerprint density at radius 2 is 1.93 bits per heavy atom. The van der Waals surface area contributed by atoms with Crippen LogP contribution in [0, 0.1) is 0 Å². The molecule has 0 radical (unpaired) electrons. The molecule has 1 amide bonds. The fraction of sp³-hybridized carbons (Fsp3) is 0.300. The topological polar surface area (TPSA) is 56.8 Å². The molecule has 1 aliphatic rings. The molecule has 0 atom stereocenters. The Morgan fingerprint density at radius 3 is 2.60 bits per heavy atom. The van der Waals surface area contributed by atoms with Gasteiger partial charge in [0.1, 0.15) is 5.75 Å². The summed E-state index contributed by atoms with van der Waals surface area (Å²) in [5.74, 6) is 1.55. The van der Waals surface area contributed by atoms with Crippen LogP contribution in [0.3, 0.4) is 0 Å². The fourth-order valence-corrected chi connectivity index (χ4v) is 1.41. The van der Waals surface area contributed by atoms with E-state index < -0.39 is 0 Å². The Bertz CT molecular complexity index is 403. The monoisotopic (exact) mass is 209 g/mol. The first-order chi connectivity index (χ1) is 7.24. The molecule has 1 N–H and O–H groups in total. The standard InChI is InChI=1S/C10H11NO4/c1-13-8-3-6-7(4-9(8)14-2)15-5-10(12)11-6/h3-4H,5H2,1-2H3,(H,11,12). The third-order valence-electron chi connectivity index (χ3n) is 2.12. The summed E-state index contributed by atoms with van der Waals surface area (Å²) in [6, 6.07) is 3.36. The van der Waals surface area contributed by atoms with Gasteiger partial charge in [-0.1, -0.05) is 0 Å². The van der Waals surface area contributed by atoms with Crippen molar-refractivity contribution >= 4 is 11.6 Å². The van der Waals surface area contributed by atoms with Gasteiger partial charge in [0.15, 0.2) is 18.1 Å². The quantitative estimate of drug-likeness (QED) is 0.790. The molecule has 0 bridgehead atoms. The van der Waals surface area contributed by atoms with Crippen molar-refractivity contribution in [3.63, 3.8) is 0 Å². The summed E-state index contributed by atoms with van der Waals surface area (Å²) in [7, 11) is 3.08. The average molecular weight is 209 g/mol. The summed E-state index contributed by atoms with van der Waals surface area (Å²) in [5, 5.41) is 2.69. The SMILES string of the molecule is COc1cc2c(cc1OC)OCC(=O)N2. The van der Waals surface area contributed by atoms with Gasteiger partial charge in [0.2, 0.25) is 0 Å². The van der Waals surface area contributed by atoms with E-state index in [2.05, 4.69) is 5.32 Å². The number of methoxy groups -OCH3 is 2. The van der Waals surface area contributed by atoms with Crippen LogP contribution in [0.25, 0.3) is 0 Å². The van der Waals surface area contributed by atoms with Gasteiger partial charge in [0.05, 0.1) is 19.9 Å². The van der Waals surface area contributed by atoms with E-state index in [0.717, 1.165) is 0 Å². The molecule has 5 nitrogen and oxygen atoms in total. The van der Waals surface area contributed by atoms with Crippen molar-refractivity contribution in [3.05, 3.63) is 12.1 Å². The predicted molar refractivity (Wildman–Crippen MR) is 53.7 cm³/mol. The number of hydrogen-bond acceptors (Lipinski definition) is 4. The zero-order valence-electron chi connectivity index (χ0n) is 8.49. The van der Waals surface area contributed by atoms with E-state index in [-0.39, 0.29) is 12.5 Å². The highest BCUT2D eigenvalue weighted by Gasteiger charge is 2.19. The van der Waals surface area contributed by atoms with E-state index >= 15 is 0 Å². The number of hydrogen-bond donors (Lipinski definition) is 1. The highest BCUT2D eigenvalue weighted by molar-refractivity contribution is 5.95. The number of anilines is 1. The second-order valence-electron chi connectivity index (χ2n) is 3.04. The zero-order chi connectivity index (χ0) is 10.8. The lowest BCUT2D eigenvalue weighted by molar-refractivity contribution is -0.118. The van der Waals surface area contributed by atoms with Crippen LogP contribution in [-0.4, -0.2) is 26.7 Å². The maximum absolute atomic E-state index is 11.1. The van der Waals surface area contributed by atoms with Crippen LogP contribution >= 0.6 is 0 Å². The van der Waals surface area contributed by atoms with Crippen molar-refractivity contribution in [2.45, 2.75) is 0 Å². The summed E-state index contributed by atoms with van der Waals surface area (Å²) >= 11 is 0. The van der Waals surface area contributed by atoms with Crippen LogP contribution < -0.4 is 19.5 Å². The second-order valence-corrected chi connectivity index (χ2v) is 3.04. The smallest absolute Gasteiger partial charge is 0.262 e. The van der Waals surface area contributed by atoms with E-state index in [1.54, 1.807) is 19.2 Å². The molecule has 2 rings (SSSR count). The highest BCUT2D eigenvalue weighted by Crippen LogP contribution is 2.39. The molecule has 1 aromatic carbocycles. The van der Waals surface area contributed by atoms with Crippen LogP contribution in [0.2, 0.25) is 0 Å². The molecule has 1 aromatic rings. The third-order valence-corrected chi connectivity index (χ3v) is 2.12. The molecule has 1 heterocycles. The largest absolute Gasteiger partial charge is 0.493 e. The molecule has 0 saturated carbocycles. The Morgan fingerprint density at radius 1 is 1.27 bits per heavy atom. The molecule has 5 heteroatoms. The maximum atomic E-state index is 11.1. The third kappa shape index (κ3) is 1.68. The molecular formula is C10H11NO4. The summed E-state index contributed by atoms with van der Waals surface area (Å²) in [5.41, 5.74) is 0.601. The Hall–Kier alpha value is -1.91. The molecule has 1 aliphatic heterocycles. The van der Waals surface area contributed by atoms with E-state index in [1.807, 2.05) is 0 Å². The lowest BCUT2D eigenvalue weighted by atomic mass is 10.2. The highest BCUT2D eigenvalue weighted by atomic mass is 16.5. The van der Waals surface area contributed by atoms with Crippen LogP contribution in [0.1, 0.15) is 0 Å². The molecule has 15 heavy (non-hydrogen) atoms. The van der Waals surface area contributed by atoms with Gasteiger partial charge >= 0.3 is 0 Å². The van der Waals surface area contributed by atoms with Crippen LogP contribution in [0.5, 0.6) is 17.2 Å².